The number of hydrogen-bond donors (Lipinski definition) is 1. The van der Waals surface area contributed by atoms with Gasteiger partial charge in [0.1, 0.15) is 5.00 Å². The van der Waals surface area contributed by atoms with Gasteiger partial charge in [0.2, 0.25) is 0 Å². The molecule has 3 rings (SSSR count). The lowest BCUT2D eigenvalue weighted by Gasteiger charge is -2.18. The summed E-state index contributed by atoms with van der Waals surface area (Å²) in [4.78, 5) is 37.8. The van der Waals surface area contributed by atoms with Crippen molar-refractivity contribution in [3.05, 3.63) is 16.0 Å². The topological polar surface area (TPSA) is 81.7 Å². The molecule has 1 amide bonds. The molecule has 142 valence electrons. The minimum absolute atomic E-state index is 0.0594. The molecular weight excluding hydrogens is 354 g/mol. The van der Waals surface area contributed by atoms with Crippen molar-refractivity contribution in [2.24, 2.45) is 11.8 Å². The monoisotopic (exact) mass is 379 g/mol. The molecule has 7 heteroatoms. The highest BCUT2D eigenvalue weighted by Gasteiger charge is 2.34. The van der Waals surface area contributed by atoms with Crippen molar-refractivity contribution in [3.63, 3.8) is 0 Å². The molecule has 1 heterocycles. The van der Waals surface area contributed by atoms with Crippen LogP contribution in [0.1, 0.15) is 60.8 Å². The van der Waals surface area contributed by atoms with Gasteiger partial charge in [-0.25, -0.2) is 4.79 Å². The van der Waals surface area contributed by atoms with Crippen LogP contribution in [0.2, 0.25) is 0 Å². The third kappa shape index (κ3) is 4.09. The molecule has 1 N–H and O–H groups in total. The van der Waals surface area contributed by atoms with E-state index >= 15 is 0 Å². The molecule has 0 aliphatic heterocycles. The van der Waals surface area contributed by atoms with Crippen LogP contribution in [0.3, 0.4) is 0 Å². The quantitative estimate of drug-likeness (QED) is 0.767. The van der Waals surface area contributed by atoms with Gasteiger partial charge in [-0.05, 0) is 57.4 Å². The average Bonchev–Trinajstić information content (AvgIpc) is 3.37. The molecule has 1 aromatic rings. The van der Waals surface area contributed by atoms with Crippen LogP contribution in [-0.4, -0.2) is 30.6 Å². The molecule has 2 aliphatic carbocycles. The maximum atomic E-state index is 12.5. The van der Waals surface area contributed by atoms with E-state index in [0.717, 1.165) is 42.5 Å². The number of amides is 1. The zero-order valence-corrected chi connectivity index (χ0v) is 16.2. The van der Waals surface area contributed by atoms with Gasteiger partial charge in [0.15, 0.2) is 6.10 Å². The van der Waals surface area contributed by atoms with Gasteiger partial charge in [-0.2, -0.15) is 0 Å². The van der Waals surface area contributed by atoms with E-state index in [2.05, 4.69) is 12.2 Å². The number of esters is 2. The van der Waals surface area contributed by atoms with E-state index in [1.54, 1.807) is 13.8 Å². The predicted octanol–water partition coefficient (Wildman–Crippen LogP) is 3.33. The summed E-state index contributed by atoms with van der Waals surface area (Å²) < 4.78 is 10.4. The lowest BCUT2D eigenvalue weighted by atomic mass is 9.88. The number of fused-ring (bicyclic) bond motifs is 1. The Morgan fingerprint density at radius 1 is 1.27 bits per heavy atom. The lowest BCUT2D eigenvalue weighted by Crippen LogP contribution is -2.30. The molecule has 26 heavy (non-hydrogen) atoms. The zero-order chi connectivity index (χ0) is 18.8. The van der Waals surface area contributed by atoms with Crippen molar-refractivity contribution in [1.82, 2.24) is 0 Å². The first-order chi connectivity index (χ1) is 12.4. The molecule has 0 aromatic carbocycles. The van der Waals surface area contributed by atoms with E-state index in [1.807, 2.05) is 0 Å². The minimum atomic E-state index is -0.892. The smallest absolute Gasteiger partial charge is 0.341 e. The van der Waals surface area contributed by atoms with Crippen LogP contribution in [0.25, 0.3) is 0 Å². The number of hydrogen-bond acceptors (Lipinski definition) is 6. The highest BCUT2D eigenvalue weighted by atomic mass is 32.1. The van der Waals surface area contributed by atoms with E-state index < -0.39 is 18.0 Å². The van der Waals surface area contributed by atoms with Crippen molar-refractivity contribution >= 4 is 34.2 Å². The van der Waals surface area contributed by atoms with E-state index in [1.165, 1.54) is 11.3 Å². The second-order valence-corrected chi connectivity index (χ2v) is 8.22. The van der Waals surface area contributed by atoms with Gasteiger partial charge in [0, 0.05) is 4.88 Å². The molecule has 1 fully saturated rings. The van der Waals surface area contributed by atoms with Crippen LogP contribution < -0.4 is 5.32 Å². The van der Waals surface area contributed by atoms with Crippen LogP contribution in [0.5, 0.6) is 0 Å². The fourth-order valence-corrected chi connectivity index (χ4v) is 4.52. The Morgan fingerprint density at radius 3 is 2.65 bits per heavy atom. The van der Waals surface area contributed by atoms with Crippen molar-refractivity contribution in [2.75, 3.05) is 11.9 Å². The summed E-state index contributed by atoms with van der Waals surface area (Å²) in [6, 6.07) is 0. The Balaban J connectivity index is 1.78. The summed E-state index contributed by atoms with van der Waals surface area (Å²) in [5.41, 5.74) is 1.46. The van der Waals surface area contributed by atoms with Gasteiger partial charge in [0.25, 0.3) is 5.91 Å². The van der Waals surface area contributed by atoms with Crippen molar-refractivity contribution in [3.8, 4) is 0 Å². The first-order valence-electron chi connectivity index (χ1n) is 9.23. The Labute approximate surface area is 157 Å². The molecule has 0 unspecified atom stereocenters. The fourth-order valence-electron chi connectivity index (χ4n) is 3.11. The first kappa shape index (κ1) is 18.9. The van der Waals surface area contributed by atoms with Gasteiger partial charge in [-0.3, -0.25) is 9.59 Å². The normalized spacial score (nSPS) is 20.0. The Morgan fingerprint density at radius 2 is 2.00 bits per heavy atom. The summed E-state index contributed by atoms with van der Waals surface area (Å²) >= 11 is 1.43. The maximum Gasteiger partial charge on any atom is 0.341 e. The number of rotatable bonds is 6. The number of carbonyl (C=O) groups excluding carboxylic acids is 3. The standard InChI is InChI=1S/C19H25NO5S/c1-4-24-19(23)15-13-8-5-10(2)9-14(13)26-17(15)20-16(21)11(3)25-18(22)12-6-7-12/h10-12H,4-9H2,1-3H3,(H,20,21)/t10-,11-/m1/s1. The van der Waals surface area contributed by atoms with Crippen LogP contribution in [0.15, 0.2) is 0 Å². The molecule has 0 spiro atoms. The molecule has 1 saturated carbocycles. The number of ether oxygens (including phenoxy) is 2. The average molecular weight is 379 g/mol. The van der Waals surface area contributed by atoms with Crippen molar-refractivity contribution in [2.45, 2.75) is 59.0 Å². The zero-order valence-electron chi connectivity index (χ0n) is 15.4. The lowest BCUT2D eigenvalue weighted by molar-refractivity contribution is -0.154. The second kappa shape index (κ2) is 7.78. The summed E-state index contributed by atoms with van der Waals surface area (Å²) in [5, 5.41) is 3.29. The third-order valence-corrected chi connectivity index (χ3v) is 5.97. The number of thiophene rings is 1. The molecule has 0 bridgehead atoms. The minimum Gasteiger partial charge on any atom is -0.462 e. The second-order valence-electron chi connectivity index (χ2n) is 7.12. The van der Waals surface area contributed by atoms with Gasteiger partial charge in [0.05, 0.1) is 18.1 Å². The SMILES string of the molecule is CCOC(=O)c1c(NC(=O)[C@@H](C)OC(=O)C2CC2)sc2c1CC[C@@H](C)C2. The summed E-state index contributed by atoms with van der Waals surface area (Å²) in [6.45, 7) is 5.78. The van der Waals surface area contributed by atoms with Gasteiger partial charge in [-0.15, -0.1) is 11.3 Å². The number of carbonyl (C=O) groups is 3. The predicted molar refractivity (Wildman–Crippen MR) is 98.4 cm³/mol. The van der Waals surface area contributed by atoms with Crippen molar-refractivity contribution < 1.29 is 23.9 Å². The number of nitrogens with one attached hydrogen (secondary N) is 1. The first-order valence-corrected chi connectivity index (χ1v) is 10.0. The van der Waals surface area contributed by atoms with Crippen LogP contribution in [0, 0.1) is 11.8 Å². The van der Waals surface area contributed by atoms with Crippen LogP contribution >= 0.6 is 11.3 Å². The van der Waals surface area contributed by atoms with E-state index in [9.17, 15) is 14.4 Å². The summed E-state index contributed by atoms with van der Waals surface area (Å²) in [5.74, 6) is -0.653. The van der Waals surface area contributed by atoms with Gasteiger partial charge < -0.3 is 14.8 Å². The maximum absolute atomic E-state index is 12.5. The highest BCUT2D eigenvalue weighted by Crippen LogP contribution is 2.40. The van der Waals surface area contributed by atoms with E-state index in [0.29, 0.717) is 16.5 Å². The Hall–Kier alpha value is -1.89. The van der Waals surface area contributed by atoms with E-state index in [4.69, 9.17) is 9.47 Å². The molecule has 0 radical (unpaired) electrons. The van der Waals surface area contributed by atoms with Crippen LogP contribution in [0.4, 0.5) is 5.00 Å². The molecule has 6 nitrogen and oxygen atoms in total. The van der Waals surface area contributed by atoms with Crippen LogP contribution in [-0.2, 0) is 31.9 Å². The Kier molecular flexibility index (Phi) is 5.65. The van der Waals surface area contributed by atoms with Crippen molar-refractivity contribution in [1.29, 1.82) is 0 Å². The largest absolute Gasteiger partial charge is 0.462 e. The Bertz CT molecular complexity index is 722. The fraction of sp³-hybridized carbons (Fsp3) is 0.632. The molecule has 2 atom stereocenters. The van der Waals surface area contributed by atoms with Gasteiger partial charge >= 0.3 is 11.9 Å². The summed E-state index contributed by atoms with van der Waals surface area (Å²) in [6.07, 6.45) is 3.49. The molecule has 1 aromatic heterocycles. The number of anilines is 1. The van der Waals surface area contributed by atoms with E-state index in [-0.39, 0.29) is 18.5 Å². The summed E-state index contributed by atoms with van der Waals surface area (Å²) in [7, 11) is 0. The molecular formula is C19H25NO5S. The molecule has 0 saturated heterocycles. The third-order valence-electron chi connectivity index (χ3n) is 4.80. The van der Waals surface area contributed by atoms with Gasteiger partial charge in [-0.1, -0.05) is 6.92 Å². The molecule has 2 aliphatic rings. The highest BCUT2D eigenvalue weighted by molar-refractivity contribution is 7.17.